The van der Waals surface area contributed by atoms with Crippen LogP contribution in [0.5, 0.6) is 0 Å². The minimum Gasteiger partial charge on any atom is -0.322 e. The maximum absolute atomic E-state index is 11.8. The second-order valence-electron chi connectivity index (χ2n) is 3.93. The highest BCUT2D eigenvalue weighted by molar-refractivity contribution is 9.10. The van der Waals surface area contributed by atoms with Gasteiger partial charge in [-0.15, -0.1) is 0 Å². The molecule has 1 N–H and O–H groups in total. The summed E-state index contributed by atoms with van der Waals surface area (Å²) in [6.07, 6.45) is 1.61. The summed E-state index contributed by atoms with van der Waals surface area (Å²) in [5.74, 6) is 0.115. The zero-order valence-corrected chi connectivity index (χ0v) is 11.8. The molecule has 5 heteroatoms. The van der Waals surface area contributed by atoms with Crippen LogP contribution in [0, 0.1) is 12.8 Å². The second kappa shape index (κ2) is 5.64. The Morgan fingerprint density at radius 1 is 1.56 bits per heavy atom. The lowest BCUT2D eigenvalue weighted by Crippen LogP contribution is -2.27. The van der Waals surface area contributed by atoms with Crippen molar-refractivity contribution < 1.29 is 4.79 Å². The molecule has 88 valence electrons. The fourth-order valence-corrected chi connectivity index (χ4v) is 1.54. The molecule has 0 aromatic carbocycles. The van der Waals surface area contributed by atoms with Crippen molar-refractivity contribution in [2.45, 2.75) is 25.6 Å². The van der Waals surface area contributed by atoms with Crippen LogP contribution in [0.1, 0.15) is 19.4 Å². The average Bonchev–Trinajstić information content (AvgIpc) is 2.22. The Morgan fingerprint density at radius 2 is 2.19 bits per heavy atom. The SMILES string of the molecule is Cc1ccnc(Cl)c1NC(=O)C(Br)C(C)C. The van der Waals surface area contributed by atoms with Crippen molar-refractivity contribution in [3.05, 3.63) is 23.0 Å². The number of aromatic nitrogens is 1. The number of nitrogens with zero attached hydrogens (tertiary/aromatic N) is 1. The number of pyridine rings is 1. The molecule has 0 saturated carbocycles. The zero-order valence-electron chi connectivity index (χ0n) is 9.42. The summed E-state index contributed by atoms with van der Waals surface area (Å²) in [4.78, 5) is 15.5. The fraction of sp³-hybridized carbons (Fsp3) is 0.455. The second-order valence-corrected chi connectivity index (χ2v) is 5.27. The van der Waals surface area contributed by atoms with Crippen LogP contribution in [0.2, 0.25) is 5.15 Å². The van der Waals surface area contributed by atoms with Gasteiger partial charge in [-0.2, -0.15) is 0 Å². The van der Waals surface area contributed by atoms with E-state index in [0.29, 0.717) is 10.8 Å². The van der Waals surface area contributed by atoms with Gasteiger partial charge in [-0.05, 0) is 24.5 Å². The molecular weight excluding hydrogens is 291 g/mol. The van der Waals surface area contributed by atoms with Crippen LogP contribution in [0.4, 0.5) is 5.69 Å². The first-order chi connectivity index (χ1) is 7.43. The molecule has 0 aliphatic carbocycles. The lowest BCUT2D eigenvalue weighted by Gasteiger charge is -2.15. The van der Waals surface area contributed by atoms with Gasteiger partial charge >= 0.3 is 0 Å². The third kappa shape index (κ3) is 3.19. The molecule has 1 unspecified atom stereocenters. The Hall–Kier alpha value is -0.610. The van der Waals surface area contributed by atoms with E-state index in [1.807, 2.05) is 20.8 Å². The predicted molar refractivity (Wildman–Crippen MR) is 70.2 cm³/mol. The van der Waals surface area contributed by atoms with Gasteiger partial charge in [-0.25, -0.2) is 4.98 Å². The van der Waals surface area contributed by atoms with Gasteiger partial charge in [0.2, 0.25) is 5.91 Å². The molecule has 3 nitrogen and oxygen atoms in total. The summed E-state index contributed by atoms with van der Waals surface area (Å²) < 4.78 is 0. The molecule has 0 bridgehead atoms. The summed E-state index contributed by atoms with van der Waals surface area (Å²) in [6.45, 7) is 5.81. The van der Waals surface area contributed by atoms with Crippen molar-refractivity contribution in [1.29, 1.82) is 0 Å². The normalized spacial score (nSPS) is 12.6. The predicted octanol–water partition coefficient (Wildman–Crippen LogP) is 3.40. The highest BCUT2D eigenvalue weighted by Crippen LogP contribution is 2.24. The number of aryl methyl sites for hydroxylation is 1. The zero-order chi connectivity index (χ0) is 12.3. The van der Waals surface area contributed by atoms with Gasteiger partial charge in [0, 0.05) is 6.20 Å². The van der Waals surface area contributed by atoms with Crippen LogP contribution in [-0.2, 0) is 4.79 Å². The van der Waals surface area contributed by atoms with Crippen LogP contribution >= 0.6 is 27.5 Å². The lowest BCUT2D eigenvalue weighted by atomic mass is 10.1. The molecule has 0 aliphatic heterocycles. The maximum Gasteiger partial charge on any atom is 0.238 e. The molecule has 1 atom stereocenters. The fourth-order valence-electron chi connectivity index (χ4n) is 1.17. The highest BCUT2D eigenvalue weighted by atomic mass is 79.9. The van der Waals surface area contributed by atoms with Gasteiger partial charge in [-0.1, -0.05) is 41.4 Å². The maximum atomic E-state index is 11.8. The van der Waals surface area contributed by atoms with Crippen LogP contribution in [-0.4, -0.2) is 15.7 Å². The Morgan fingerprint density at radius 3 is 2.69 bits per heavy atom. The van der Waals surface area contributed by atoms with Crippen LogP contribution in [0.25, 0.3) is 0 Å². The van der Waals surface area contributed by atoms with Crippen molar-refractivity contribution in [3.63, 3.8) is 0 Å². The summed E-state index contributed by atoms with van der Waals surface area (Å²) in [5.41, 5.74) is 1.48. The van der Waals surface area contributed by atoms with Crippen molar-refractivity contribution in [3.8, 4) is 0 Å². The Bertz CT molecular complexity index is 375. The van der Waals surface area contributed by atoms with Gasteiger partial charge in [0.15, 0.2) is 5.15 Å². The molecule has 0 radical (unpaired) electrons. The number of hydrogen-bond donors (Lipinski definition) is 1. The molecule has 1 heterocycles. The van der Waals surface area contributed by atoms with E-state index in [2.05, 4.69) is 26.2 Å². The molecule has 0 spiro atoms. The molecule has 0 aliphatic rings. The molecule has 0 saturated heterocycles. The van der Waals surface area contributed by atoms with E-state index >= 15 is 0 Å². The summed E-state index contributed by atoms with van der Waals surface area (Å²) in [7, 11) is 0. The molecule has 1 aromatic heterocycles. The molecule has 1 amide bonds. The number of amides is 1. The van der Waals surface area contributed by atoms with Gasteiger partial charge in [-0.3, -0.25) is 4.79 Å². The van der Waals surface area contributed by atoms with E-state index in [1.165, 1.54) is 0 Å². The van der Waals surface area contributed by atoms with E-state index in [0.717, 1.165) is 5.56 Å². The van der Waals surface area contributed by atoms with Crippen LogP contribution in [0.3, 0.4) is 0 Å². The average molecular weight is 306 g/mol. The monoisotopic (exact) mass is 304 g/mol. The topological polar surface area (TPSA) is 42.0 Å². The third-order valence-corrected chi connectivity index (χ3v) is 3.96. The number of carbonyl (C=O) groups is 1. The molecule has 1 aromatic rings. The Balaban J connectivity index is 2.85. The molecule has 1 rings (SSSR count). The largest absolute Gasteiger partial charge is 0.322 e. The first kappa shape index (κ1) is 13.5. The Kier molecular flexibility index (Phi) is 4.74. The first-order valence-electron chi connectivity index (χ1n) is 4.99. The number of halogens is 2. The minimum atomic E-state index is -0.233. The van der Waals surface area contributed by atoms with E-state index < -0.39 is 0 Å². The van der Waals surface area contributed by atoms with E-state index in [1.54, 1.807) is 12.3 Å². The van der Waals surface area contributed by atoms with Gasteiger partial charge in [0.25, 0.3) is 0 Å². The smallest absolute Gasteiger partial charge is 0.238 e. The van der Waals surface area contributed by atoms with Gasteiger partial charge in [0.05, 0.1) is 10.5 Å². The molecule has 16 heavy (non-hydrogen) atoms. The minimum absolute atomic E-state index is 0.104. The number of carbonyl (C=O) groups excluding carboxylic acids is 1. The van der Waals surface area contributed by atoms with Gasteiger partial charge in [0.1, 0.15) is 0 Å². The number of rotatable bonds is 3. The number of hydrogen-bond acceptors (Lipinski definition) is 2. The summed E-state index contributed by atoms with van der Waals surface area (Å²) in [6, 6.07) is 1.81. The number of alkyl halides is 1. The molecule has 0 fully saturated rings. The number of anilines is 1. The van der Waals surface area contributed by atoms with E-state index in [-0.39, 0.29) is 16.7 Å². The third-order valence-electron chi connectivity index (χ3n) is 2.20. The number of nitrogens with one attached hydrogen (secondary N) is 1. The van der Waals surface area contributed by atoms with Crippen molar-refractivity contribution >= 4 is 39.1 Å². The highest BCUT2D eigenvalue weighted by Gasteiger charge is 2.20. The van der Waals surface area contributed by atoms with E-state index in [9.17, 15) is 4.79 Å². The van der Waals surface area contributed by atoms with Crippen molar-refractivity contribution in [2.24, 2.45) is 5.92 Å². The van der Waals surface area contributed by atoms with E-state index in [4.69, 9.17) is 11.6 Å². The Labute approximate surface area is 109 Å². The quantitative estimate of drug-likeness (QED) is 0.687. The van der Waals surface area contributed by atoms with Crippen molar-refractivity contribution in [1.82, 2.24) is 4.98 Å². The van der Waals surface area contributed by atoms with Gasteiger partial charge < -0.3 is 5.32 Å². The summed E-state index contributed by atoms with van der Waals surface area (Å²) in [5, 5.41) is 3.10. The first-order valence-corrected chi connectivity index (χ1v) is 6.29. The van der Waals surface area contributed by atoms with Crippen molar-refractivity contribution in [2.75, 3.05) is 5.32 Å². The lowest BCUT2D eigenvalue weighted by molar-refractivity contribution is -0.116. The summed E-state index contributed by atoms with van der Waals surface area (Å²) >= 11 is 9.26. The van der Waals surface area contributed by atoms with Crippen LogP contribution in [0.15, 0.2) is 12.3 Å². The van der Waals surface area contributed by atoms with Crippen LogP contribution < -0.4 is 5.32 Å². The molecular formula is C11H14BrClN2O. The standard InChI is InChI=1S/C11H14BrClN2O/c1-6(2)8(12)11(16)15-9-7(3)4-5-14-10(9)13/h4-6,8H,1-3H3,(H,15,16).